The van der Waals surface area contributed by atoms with Gasteiger partial charge in [-0.3, -0.25) is 0 Å². The van der Waals surface area contributed by atoms with E-state index in [4.69, 9.17) is 4.74 Å². The third kappa shape index (κ3) is 6.69. The van der Waals surface area contributed by atoms with Crippen LogP contribution in [0.1, 0.15) is 12.8 Å². The summed E-state index contributed by atoms with van der Waals surface area (Å²) in [6.07, 6.45) is 5.81. The molecule has 3 heterocycles. The summed E-state index contributed by atoms with van der Waals surface area (Å²) in [4.78, 5) is 2.56. The van der Waals surface area contributed by atoms with Crippen molar-refractivity contribution in [3.63, 3.8) is 0 Å². The Morgan fingerprint density at radius 3 is 2.52 bits per heavy atom. The van der Waals surface area contributed by atoms with E-state index in [-0.39, 0.29) is 0 Å². The summed E-state index contributed by atoms with van der Waals surface area (Å²) in [6.45, 7) is 2.26. The summed E-state index contributed by atoms with van der Waals surface area (Å²) in [6, 6.07) is -1.51. The van der Waals surface area contributed by atoms with E-state index in [0.717, 1.165) is 38.2 Å². The Balaban J connectivity index is 0.000000212. The smallest absolute Gasteiger partial charge is 0.344 e. The lowest BCUT2D eigenvalue weighted by Crippen LogP contribution is -2.42. The van der Waals surface area contributed by atoms with Crippen molar-refractivity contribution in [1.82, 2.24) is 15.6 Å². The van der Waals surface area contributed by atoms with Crippen molar-refractivity contribution in [2.45, 2.75) is 18.9 Å². The number of halogens is 5. The van der Waals surface area contributed by atoms with Crippen LogP contribution in [0, 0.1) is 23.6 Å². The van der Waals surface area contributed by atoms with Crippen LogP contribution in [0.2, 0.25) is 0 Å². The van der Waals surface area contributed by atoms with E-state index in [0.29, 0.717) is 24.4 Å². The fraction of sp³-hybridized carbons (Fsp3) is 0.438. The van der Waals surface area contributed by atoms with E-state index in [1.807, 2.05) is 0 Å². The van der Waals surface area contributed by atoms with Crippen LogP contribution in [0.4, 0.5) is 22.0 Å². The van der Waals surface area contributed by atoms with Crippen LogP contribution < -0.4 is 10.6 Å². The molecular formula is C16H18F5N3O. The summed E-state index contributed by atoms with van der Waals surface area (Å²) >= 11 is 0. The molecule has 4 nitrogen and oxygen atoms in total. The highest BCUT2D eigenvalue weighted by Crippen LogP contribution is 2.17. The molecule has 0 unspecified atom stereocenters. The average molecular weight is 363 g/mol. The third-order valence-electron chi connectivity index (χ3n) is 3.56. The maximum atomic E-state index is 12.9. The van der Waals surface area contributed by atoms with E-state index in [1.165, 1.54) is 6.08 Å². The molecule has 0 radical (unpaired) electrons. The molecule has 1 aromatic heterocycles. The van der Waals surface area contributed by atoms with Gasteiger partial charge in [0, 0.05) is 25.8 Å². The first kappa shape index (κ1) is 19.2. The molecule has 1 aromatic rings. The lowest BCUT2D eigenvalue weighted by molar-refractivity contribution is 0.0233. The Morgan fingerprint density at radius 2 is 1.92 bits per heavy atom. The topological polar surface area (TPSA) is 46.2 Å². The summed E-state index contributed by atoms with van der Waals surface area (Å²) in [5.41, 5.74) is 0. The highest BCUT2D eigenvalue weighted by Gasteiger charge is 2.27. The molecule has 0 saturated carbocycles. The summed E-state index contributed by atoms with van der Waals surface area (Å²) in [5.74, 6) is -2.67. The van der Waals surface area contributed by atoms with E-state index in [9.17, 15) is 22.0 Å². The SMILES string of the molecule is FC1(F)C=CC=C(NCC2CCOCC2)N1.Fc1ccc(F)c(F)n1. The van der Waals surface area contributed by atoms with Crippen molar-refractivity contribution in [2.24, 2.45) is 5.92 Å². The fourth-order valence-corrected chi connectivity index (χ4v) is 2.23. The maximum Gasteiger partial charge on any atom is 0.344 e. The third-order valence-corrected chi connectivity index (χ3v) is 3.56. The largest absolute Gasteiger partial charge is 0.381 e. The fourth-order valence-electron chi connectivity index (χ4n) is 2.23. The van der Waals surface area contributed by atoms with Crippen molar-refractivity contribution >= 4 is 0 Å². The zero-order valence-corrected chi connectivity index (χ0v) is 13.2. The van der Waals surface area contributed by atoms with E-state index < -0.39 is 23.8 Å². The van der Waals surface area contributed by atoms with Gasteiger partial charge in [0.15, 0.2) is 5.82 Å². The molecule has 0 spiro atoms. The molecule has 2 aliphatic heterocycles. The van der Waals surface area contributed by atoms with Crippen molar-refractivity contribution in [3.05, 3.63) is 53.9 Å². The number of nitrogens with one attached hydrogen (secondary N) is 2. The summed E-state index contributed by atoms with van der Waals surface area (Å²) in [5, 5.41) is 5.14. The summed E-state index contributed by atoms with van der Waals surface area (Å²) < 4.78 is 66.7. The molecule has 138 valence electrons. The molecule has 0 aliphatic carbocycles. The standard InChI is InChI=1S/C11H16F2N2O.C5H2F3N/c12-11(13)5-1-2-10(15-11)14-8-9-3-6-16-7-4-9;6-3-1-2-4(7)9-5(3)8/h1-2,5,9,14-15H,3-4,6-8H2;1-2H. The number of nitrogens with zero attached hydrogens (tertiary/aromatic N) is 1. The van der Waals surface area contributed by atoms with Gasteiger partial charge in [0.05, 0.1) is 0 Å². The Hall–Kier alpha value is -2.16. The van der Waals surface area contributed by atoms with Crippen LogP contribution >= 0.6 is 0 Å². The Labute approximate surface area is 141 Å². The number of hydrogen-bond donors (Lipinski definition) is 2. The molecule has 0 amide bonds. The van der Waals surface area contributed by atoms with Gasteiger partial charge in [-0.05, 0) is 37.0 Å². The molecule has 0 aromatic carbocycles. The number of pyridine rings is 1. The lowest BCUT2D eigenvalue weighted by Gasteiger charge is -2.26. The zero-order chi connectivity index (χ0) is 18.3. The molecule has 2 aliphatic rings. The average Bonchev–Trinajstić information content (AvgIpc) is 2.57. The van der Waals surface area contributed by atoms with E-state index in [1.54, 1.807) is 6.08 Å². The number of allylic oxidation sites excluding steroid dienone is 2. The molecule has 3 rings (SSSR count). The Bertz CT molecular complexity index is 630. The molecule has 0 atom stereocenters. The van der Waals surface area contributed by atoms with E-state index in [2.05, 4.69) is 15.6 Å². The molecule has 1 fully saturated rings. The van der Waals surface area contributed by atoms with Gasteiger partial charge in [0.2, 0.25) is 5.95 Å². The quantitative estimate of drug-likeness (QED) is 0.492. The normalized spacial score (nSPS) is 19.3. The van der Waals surface area contributed by atoms with Gasteiger partial charge in [0.25, 0.3) is 5.95 Å². The minimum Gasteiger partial charge on any atom is -0.381 e. The number of alkyl halides is 2. The van der Waals surface area contributed by atoms with Crippen LogP contribution in [0.5, 0.6) is 0 Å². The van der Waals surface area contributed by atoms with Crippen molar-refractivity contribution < 1.29 is 26.7 Å². The number of aromatic nitrogens is 1. The molecule has 9 heteroatoms. The first-order chi connectivity index (χ1) is 11.9. The van der Waals surface area contributed by atoms with Gasteiger partial charge >= 0.3 is 6.05 Å². The zero-order valence-electron chi connectivity index (χ0n) is 13.2. The number of dihydropyridines is 1. The maximum absolute atomic E-state index is 12.9. The first-order valence-corrected chi connectivity index (χ1v) is 7.70. The van der Waals surface area contributed by atoms with Crippen LogP contribution in [0.25, 0.3) is 0 Å². The minimum absolute atomic E-state index is 0.388. The second-order valence-corrected chi connectivity index (χ2v) is 5.53. The lowest BCUT2D eigenvalue weighted by atomic mass is 10.0. The van der Waals surface area contributed by atoms with Gasteiger partial charge in [0.1, 0.15) is 5.82 Å². The van der Waals surface area contributed by atoms with Gasteiger partial charge in [-0.25, -0.2) is 4.39 Å². The number of ether oxygens (including phenoxy) is 1. The Morgan fingerprint density at radius 1 is 1.20 bits per heavy atom. The predicted octanol–water partition coefficient (Wildman–Crippen LogP) is 3.10. The molecule has 2 N–H and O–H groups in total. The molecule has 1 saturated heterocycles. The van der Waals surface area contributed by atoms with Gasteiger partial charge < -0.3 is 15.4 Å². The van der Waals surface area contributed by atoms with Crippen LogP contribution in [-0.2, 0) is 4.74 Å². The predicted molar refractivity (Wildman–Crippen MR) is 81.0 cm³/mol. The highest BCUT2D eigenvalue weighted by atomic mass is 19.3. The van der Waals surface area contributed by atoms with Crippen LogP contribution in [0.15, 0.2) is 36.2 Å². The van der Waals surface area contributed by atoms with Gasteiger partial charge in [-0.1, -0.05) is 6.08 Å². The van der Waals surface area contributed by atoms with Crippen molar-refractivity contribution in [3.8, 4) is 0 Å². The second kappa shape index (κ2) is 8.80. The monoisotopic (exact) mass is 363 g/mol. The molecule has 0 bridgehead atoms. The highest BCUT2D eigenvalue weighted by molar-refractivity contribution is 5.19. The van der Waals surface area contributed by atoms with E-state index >= 15 is 0 Å². The first-order valence-electron chi connectivity index (χ1n) is 7.70. The van der Waals surface area contributed by atoms with Crippen molar-refractivity contribution in [1.29, 1.82) is 0 Å². The Kier molecular flexibility index (Phi) is 6.74. The minimum atomic E-state index is -2.94. The second-order valence-electron chi connectivity index (χ2n) is 5.53. The number of rotatable bonds is 3. The van der Waals surface area contributed by atoms with Crippen LogP contribution in [0.3, 0.4) is 0 Å². The molecular weight excluding hydrogens is 345 g/mol. The van der Waals surface area contributed by atoms with Crippen LogP contribution in [-0.4, -0.2) is 30.8 Å². The van der Waals surface area contributed by atoms with Crippen molar-refractivity contribution in [2.75, 3.05) is 19.8 Å². The van der Waals surface area contributed by atoms with Gasteiger partial charge in [-0.2, -0.15) is 22.5 Å². The van der Waals surface area contributed by atoms with Gasteiger partial charge in [-0.15, -0.1) is 0 Å². The summed E-state index contributed by atoms with van der Waals surface area (Å²) in [7, 11) is 0. The molecule has 25 heavy (non-hydrogen) atoms. The number of hydrogen-bond acceptors (Lipinski definition) is 4.